The molecule has 0 radical (unpaired) electrons. The second kappa shape index (κ2) is 6.74. The van der Waals surface area contributed by atoms with Crippen LogP contribution in [-0.4, -0.2) is 49.6 Å². The molecule has 2 heterocycles. The van der Waals surface area contributed by atoms with Gasteiger partial charge in [-0.05, 0) is 25.1 Å². The van der Waals surface area contributed by atoms with Gasteiger partial charge in [0.05, 0.1) is 0 Å². The number of benzene rings is 1. The topological polar surface area (TPSA) is 73.4 Å². The van der Waals surface area contributed by atoms with Crippen LogP contribution in [0.1, 0.15) is 17.3 Å². The standard InChI is InChI=1S/C17H22N6O/c1-4-19-17-20-11-14-15(21-17)22(3)8-9-23(16(14)24)13-7-5-6-12(10-13)18-2/h5-7,10-11,18H,4,8-9H2,1-3H3,(H,19,20,21). The van der Waals surface area contributed by atoms with E-state index in [0.29, 0.717) is 30.4 Å². The van der Waals surface area contributed by atoms with E-state index in [0.717, 1.165) is 17.9 Å². The van der Waals surface area contributed by atoms with Gasteiger partial charge in [0.1, 0.15) is 11.4 Å². The third-order valence-electron chi connectivity index (χ3n) is 4.05. The van der Waals surface area contributed by atoms with Gasteiger partial charge in [0.15, 0.2) is 0 Å². The smallest absolute Gasteiger partial charge is 0.263 e. The summed E-state index contributed by atoms with van der Waals surface area (Å²) in [5, 5.41) is 6.19. The maximum Gasteiger partial charge on any atom is 0.263 e. The maximum atomic E-state index is 13.0. The molecule has 2 aromatic rings. The molecule has 0 unspecified atom stereocenters. The first-order valence-corrected chi connectivity index (χ1v) is 8.05. The van der Waals surface area contributed by atoms with Crippen LogP contribution in [0, 0.1) is 0 Å². The summed E-state index contributed by atoms with van der Waals surface area (Å²) in [5.41, 5.74) is 2.35. The number of hydrogen-bond donors (Lipinski definition) is 2. The Morgan fingerprint density at radius 3 is 2.88 bits per heavy atom. The Morgan fingerprint density at radius 1 is 1.29 bits per heavy atom. The maximum absolute atomic E-state index is 13.0. The SMILES string of the molecule is CCNc1ncc2c(n1)N(C)CCN(c1cccc(NC)c1)C2=O. The zero-order valence-electron chi connectivity index (χ0n) is 14.2. The first-order chi connectivity index (χ1) is 11.6. The first-order valence-electron chi connectivity index (χ1n) is 8.05. The zero-order chi connectivity index (χ0) is 17.1. The summed E-state index contributed by atoms with van der Waals surface area (Å²) in [7, 11) is 3.81. The van der Waals surface area contributed by atoms with Gasteiger partial charge in [0.25, 0.3) is 5.91 Å². The highest BCUT2D eigenvalue weighted by Crippen LogP contribution is 2.27. The van der Waals surface area contributed by atoms with Gasteiger partial charge in [-0.25, -0.2) is 4.98 Å². The van der Waals surface area contributed by atoms with Gasteiger partial charge in [-0.2, -0.15) is 4.98 Å². The minimum absolute atomic E-state index is 0.0781. The number of hydrogen-bond acceptors (Lipinski definition) is 6. The predicted molar refractivity (Wildman–Crippen MR) is 97.1 cm³/mol. The summed E-state index contributed by atoms with van der Waals surface area (Å²) in [5.74, 6) is 1.13. The van der Waals surface area contributed by atoms with Gasteiger partial charge >= 0.3 is 0 Å². The molecular weight excluding hydrogens is 304 g/mol. The lowest BCUT2D eigenvalue weighted by atomic mass is 10.2. The summed E-state index contributed by atoms with van der Waals surface area (Å²) >= 11 is 0. The summed E-state index contributed by atoms with van der Waals surface area (Å²) in [6, 6.07) is 7.82. The van der Waals surface area contributed by atoms with E-state index in [9.17, 15) is 4.79 Å². The van der Waals surface area contributed by atoms with Gasteiger partial charge in [-0.3, -0.25) is 4.79 Å². The lowest BCUT2D eigenvalue weighted by Crippen LogP contribution is -2.33. The van der Waals surface area contributed by atoms with E-state index in [1.165, 1.54) is 0 Å². The van der Waals surface area contributed by atoms with Crippen molar-refractivity contribution in [2.75, 3.05) is 54.2 Å². The Kier molecular flexibility index (Phi) is 4.50. The van der Waals surface area contributed by atoms with Crippen molar-refractivity contribution in [3.8, 4) is 0 Å². The lowest BCUT2D eigenvalue weighted by molar-refractivity contribution is 0.0989. The number of likely N-dealkylation sites (N-methyl/N-ethyl adjacent to an activating group) is 1. The third-order valence-corrected chi connectivity index (χ3v) is 4.05. The molecule has 0 atom stereocenters. The van der Waals surface area contributed by atoms with Crippen molar-refractivity contribution in [3.63, 3.8) is 0 Å². The Bertz CT molecular complexity index is 748. The van der Waals surface area contributed by atoms with Crippen molar-refractivity contribution in [1.29, 1.82) is 0 Å². The molecule has 0 saturated heterocycles. The summed E-state index contributed by atoms with van der Waals surface area (Å²) in [4.78, 5) is 25.6. The number of rotatable bonds is 4. The highest BCUT2D eigenvalue weighted by atomic mass is 16.2. The quantitative estimate of drug-likeness (QED) is 0.896. The van der Waals surface area contributed by atoms with Crippen molar-refractivity contribution in [2.24, 2.45) is 0 Å². The minimum Gasteiger partial charge on any atom is -0.388 e. The molecule has 0 fully saturated rings. The van der Waals surface area contributed by atoms with Crippen LogP contribution >= 0.6 is 0 Å². The minimum atomic E-state index is -0.0781. The summed E-state index contributed by atoms with van der Waals surface area (Å²) in [6.07, 6.45) is 1.61. The normalized spacial score (nSPS) is 14.2. The van der Waals surface area contributed by atoms with E-state index in [1.54, 1.807) is 11.1 Å². The molecule has 1 aromatic carbocycles. The number of carbonyl (C=O) groups excluding carboxylic acids is 1. The number of nitrogens with one attached hydrogen (secondary N) is 2. The van der Waals surface area contributed by atoms with Crippen molar-refractivity contribution in [1.82, 2.24) is 9.97 Å². The van der Waals surface area contributed by atoms with E-state index >= 15 is 0 Å². The highest BCUT2D eigenvalue weighted by Gasteiger charge is 2.28. The molecule has 126 valence electrons. The van der Waals surface area contributed by atoms with Crippen LogP contribution in [0.5, 0.6) is 0 Å². The molecule has 0 saturated carbocycles. The zero-order valence-corrected chi connectivity index (χ0v) is 14.2. The average molecular weight is 326 g/mol. The number of fused-ring (bicyclic) bond motifs is 1. The van der Waals surface area contributed by atoms with Crippen molar-refractivity contribution < 1.29 is 4.79 Å². The number of nitrogens with zero attached hydrogens (tertiary/aromatic N) is 4. The molecule has 7 nitrogen and oxygen atoms in total. The number of amides is 1. The fourth-order valence-electron chi connectivity index (χ4n) is 2.74. The fraction of sp³-hybridized carbons (Fsp3) is 0.353. The molecule has 3 rings (SSSR count). The molecule has 2 N–H and O–H groups in total. The number of anilines is 4. The molecule has 1 aliphatic heterocycles. The molecule has 0 spiro atoms. The molecular formula is C17H22N6O. The predicted octanol–water partition coefficient (Wildman–Crippen LogP) is 2.05. The number of carbonyl (C=O) groups is 1. The third kappa shape index (κ3) is 2.97. The molecule has 0 bridgehead atoms. The van der Waals surface area contributed by atoms with E-state index in [1.807, 2.05) is 50.2 Å². The summed E-state index contributed by atoms with van der Waals surface area (Å²) < 4.78 is 0. The molecule has 1 aliphatic rings. The van der Waals surface area contributed by atoms with Crippen molar-refractivity contribution in [2.45, 2.75) is 6.92 Å². The molecule has 24 heavy (non-hydrogen) atoms. The van der Waals surface area contributed by atoms with E-state index in [-0.39, 0.29) is 5.91 Å². The van der Waals surface area contributed by atoms with Crippen LogP contribution in [0.3, 0.4) is 0 Å². The Morgan fingerprint density at radius 2 is 2.12 bits per heavy atom. The first kappa shape index (κ1) is 16.0. The molecule has 7 heteroatoms. The number of aromatic nitrogens is 2. The molecule has 1 aromatic heterocycles. The van der Waals surface area contributed by atoms with Crippen LogP contribution in [0.4, 0.5) is 23.1 Å². The van der Waals surface area contributed by atoms with E-state index in [2.05, 4.69) is 20.6 Å². The molecule has 0 aliphatic carbocycles. The van der Waals surface area contributed by atoms with Crippen molar-refractivity contribution >= 4 is 29.0 Å². The van der Waals surface area contributed by atoms with Gasteiger partial charge in [0, 0.05) is 51.3 Å². The lowest BCUT2D eigenvalue weighted by Gasteiger charge is -2.21. The monoisotopic (exact) mass is 326 g/mol. The molecule has 1 amide bonds. The van der Waals surface area contributed by atoms with Gasteiger partial charge in [0.2, 0.25) is 5.95 Å². The van der Waals surface area contributed by atoms with Crippen LogP contribution in [0.25, 0.3) is 0 Å². The average Bonchev–Trinajstić information content (AvgIpc) is 2.73. The van der Waals surface area contributed by atoms with Crippen molar-refractivity contribution in [3.05, 3.63) is 36.0 Å². The van der Waals surface area contributed by atoms with Crippen LogP contribution in [0.15, 0.2) is 30.5 Å². The highest BCUT2D eigenvalue weighted by molar-refractivity contribution is 6.09. The fourth-order valence-corrected chi connectivity index (χ4v) is 2.74. The van der Waals surface area contributed by atoms with Gasteiger partial charge in [-0.1, -0.05) is 6.07 Å². The van der Waals surface area contributed by atoms with Crippen LogP contribution < -0.4 is 20.4 Å². The van der Waals surface area contributed by atoms with Gasteiger partial charge in [-0.15, -0.1) is 0 Å². The van der Waals surface area contributed by atoms with E-state index < -0.39 is 0 Å². The van der Waals surface area contributed by atoms with Crippen LogP contribution in [0.2, 0.25) is 0 Å². The summed E-state index contributed by atoms with van der Waals surface area (Å²) in [6.45, 7) is 4.01. The van der Waals surface area contributed by atoms with E-state index in [4.69, 9.17) is 0 Å². The second-order valence-electron chi connectivity index (χ2n) is 5.64. The largest absolute Gasteiger partial charge is 0.388 e. The Hall–Kier alpha value is -2.83. The van der Waals surface area contributed by atoms with Crippen LogP contribution in [-0.2, 0) is 0 Å². The Balaban J connectivity index is 2.00. The Labute approximate surface area is 141 Å². The van der Waals surface area contributed by atoms with Gasteiger partial charge < -0.3 is 20.4 Å². The second-order valence-corrected chi connectivity index (χ2v) is 5.64.